The Bertz CT molecular complexity index is 623. The molecule has 0 radical (unpaired) electrons. The SMILES string of the molecule is Cc1cccc([C@H](NC(=O)CCCn2cnnn2)C2CC2)n1. The van der Waals surface area contributed by atoms with Crippen LogP contribution in [0.25, 0.3) is 0 Å². The molecular formula is C15H20N6O. The zero-order chi connectivity index (χ0) is 15.4. The van der Waals surface area contributed by atoms with Gasteiger partial charge in [-0.05, 0) is 54.7 Å². The Morgan fingerprint density at radius 1 is 1.45 bits per heavy atom. The molecule has 1 amide bonds. The summed E-state index contributed by atoms with van der Waals surface area (Å²) >= 11 is 0. The molecular weight excluding hydrogens is 280 g/mol. The third-order valence-electron chi connectivity index (χ3n) is 3.82. The van der Waals surface area contributed by atoms with Crippen LogP contribution < -0.4 is 5.32 Å². The van der Waals surface area contributed by atoms with Crippen molar-refractivity contribution in [2.45, 2.75) is 45.2 Å². The average molecular weight is 300 g/mol. The summed E-state index contributed by atoms with van der Waals surface area (Å²) in [6.45, 7) is 2.62. The molecule has 0 unspecified atom stereocenters. The second-order valence-corrected chi connectivity index (χ2v) is 5.76. The number of pyridine rings is 1. The van der Waals surface area contributed by atoms with Crippen LogP contribution in [0.4, 0.5) is 0 Å². The minimum Gasteiger partial charge on any atom is -0.347 e. The molecule has 0 saturated heterocycles. The molecule has 1 N–H and O–H groups in total. The maximum Gasteiger partial charge on any atom is 0.220 e. The van der Waals surface area contributed by atoms with Crippen molar-refractivity contribution in [2.24, 2.45) is 5.92 Å². The van der Waals surface area contributed by atoms with Crippen LogP contribution in [0.5, 0.6) is 0 Å². The van der Waals surface area contributed by atoms with Gasteiger partial charge in [-0.15, -0.1) is 5.10 Å². The smallest absolute Gasteiger partial charge is 0.220 e. The van der Waals surface area contributed by atoms with Crippen LogP contribution in [-0.2, 0) is 11.3 Å². The lowest BCUT2D eigenvalue weighted by Gasteiger charge is -2.18. The maximum atomic E-state index is 12.2. The van der Waals surface area contributed by atoms with E-state index in [0.29, 0.717) is 18.9 Å². The molecule has 0 aromatic carbocycles. The Labute approximate surface area is 129 Å². The highest BCUT2D eigenvalue weighted by atomic mass is 16.1. The van der Waals surface area contributed by atoms with Crippen LogP contribution in [0.15, 0.2) is 24.5 Å². The fourth-order valence-corrected chi connectivity index (χ4v) is 2.53. The third-order valence-corrected chi connectivity index (χ3v) is 3.82. The van der Waals surface area contributed by atoms with Gasteiger partial charge < -0.3 is 5.32 Å². The van der Waals surface area contributed by atoms with Gasteiger partial charge >= 0.3 is 0 Å². The van der Waals surface area contributed by atoms with Gasteiger partial charge in [0.2, 0.25) is 5.91 Å². The Balaban J connectivity index is 1.53. The van der Waals surface area contributed by atoms with Crippen molar-refractivity contribution in [2.75, 3.05) is 0 Å². The van der Waals surface area contributed by atoms with Crippen molar-refractivity contribution in [3.8, 4) is 0 Å². The first-order valence-corrected chi connectivity index (χ1v) is 7.66. The van der Waals surface area contributed by atoms with E-state index in [0.717, 1.165) is 30.7 Å². The molecule has 1 aliphatic carbocycles. The number of carbonyl (C=O) groups is 1. The van der Waals surface area contributed by atoms with E-state index in [2.05, 4.69) is 25.8 Å². The number of aryl methyl sites for hydroxylation is 2. The van der Waals surface area contributed by atoms with Crippen molar-refractivity contribution in [1.82, 2.24) is 30.5 Å². The highest BCUT2D eigenvalue weighted by molar-refractivity contribution is 5.76. The molecule has 7 nitrogen and oxygen atoms in total. The predicted octanol–water partition coefficient (Wildman–Crippen LogP) is 1.42. The summed E-state index contributed by atoms with van der Waals surface area (Å²) in [6.07, 6.45) is 5.06. The summed E-state index contributed by atoms with van der Waals surface area (Å²) in [7, 11) is 0. The van der Waals surface area contributed by atoms with Crippen LogP contribution in [-0.4, -0.2) is 31.1 Å². The van der Waals surface area contributed by atoms with Gasteiger partial charge in [0.05, 0.1) is 11.7 Å². The second kappa shape index (κ2) is 6.64. The fraction of sp³-hybridized carbons (Fsp3) is 0.533. The molecule has 0 spiro atoms. The minimum absolute atomic E-state index is 0.0421. The molecule has 1 aliphatic rings. The van der Waals surface area contributed by atoms with Gasteiger partial charge in [0.25, 0.3) is 0 Å². The Morgan fingerprint density at radius 2 is 2.32 bits per heavy atom. The number of hydrogen-bond donors (Lipinski definition) is 1. The molecule has 3 rings (SSSR count). The first-order valence-electron chi connectivity index (χ1n) is 7.66. The number of tetrazole rings is 1. The first kappa shape index (κ1) is 14.6. The molecule has 2 heterocycles. The second-order valence-electron chi connectivity index (χ2n) is 5.76. The molecule has 1 fully saturated rings. The molecule has 0 aliphatic heterocycles. The summed E-state index contributed by atoms with van der Waals surface area (Å²) < 4.78 is 1.63. The van der Waals surface area contributed by atoms with E-state index < -0.39 is 0 Å². The van der Waals surface area contributed by atoms with E-state index >= 15 is 0 Å². The van der Waals surface area contributed by atoms with Crippen LogP contribution in [0.3, 0.4) is 0 Å². The van der Waals surface area contributed by atoms with E-state index in [1.165, 1.54) is 0 Å². The third kappa shape index (κ3) is 3.87. The zero-order valence-corrected chi connectivity index (χ0v) is 12.6. The van der Waals surface area contributed by atoms with Crippen molar-refractivity contribution >= 4 is 5.91 Å². The molecule has 116 valence electrons. The molecule has 2 aromatic rings. The average Bonchev–Trinajstić information content (AvgIpc) is 3.21. The molecule has 1 saturated carbocycles. The minimum atomic E-state index is 0.0421. The van der Waals surface area contributed by atoms with Gasteiger partial charge in [-0.25, -0.2) is 4.68 Å². The summed E-state index contributed by atoms with van der Waals surface area (Å²) in [5.41, 5.74) is 1.95. The number of rotatable bonds is 7. The summed E-state index contributed by atoms with van der Waals surface area (Å²) in [6, 6.07) is 6.01. The first-order chi connectivity index (χ1) is 10.7. The molecule has 0 bridgehead atoms. The van der Waals surface area contributed by atoms with Gasteiger partial charge in [0, 0.05) is 18.7 Å². The van der Waals surface area contributed by atoms with Crippen molar-refractivity contribution in [1.29, 1.82) is 0 Å². The lowest BCUT2D eigenvalue weighted by molar-refractivity contribution is -0.122. The highest BCUT2D eigenvalue weighted by Crippen LogP contribution is 2.40. The molecule has 2 aromatic heterocycles. The van der Waals surface area contributed by atoms with Crippen LogP contribution in [0.2, 0.25) is 0 Å². The summed E-state index contributed by atoms with van der Waals surface area (Å²) in [4.78, 5) is 16.7. The van der Waals surface area contributed by atoms with E-state index in [1.807, 2.05) is 25.1 Å². The standard InChI is InChI=1S/C15H20N6O/c1-11-4-2-5-13(17-11)15(12-7-8-12)18-14(22)6-3-9-21-10-16-19-20-21/h2,4-5,10,12,15H,3,6-9H2,1H3,(H,18,22)/t15-/m1/s1. The van der Waals surface area contributed by atoms with Crippen LogP contribution in [0.1, 0.15) is 43.1 Å². The lowest BCUT2D eigenvalue weighted by Crippen LogP contribution is -2.30. The topological polar surface area (TPSA) is 85.6 Å². The van der Waals surface area contributed by atoms with E-state index in [-0.39, 0.29) is 11.9 Å². The van der Waals surface area contributed by atoms with E-state index in [9.17, 15) is 4.79 Å². The van der Waals surface area contributed by atoms with Gasteiger partial charge in [-0.3, -0.25) is 9.78 Å². The number of hydrogen-bond acceptors (Lipinski definition) is 5. The zero-order valence-electron chi connectivity index (χ0n) is 12.6. The highest BCUT2D eigenvalue weighted by Gasteiger charge is 2.34. The number of nitrogens with one attached hydrogen (secondary N) is 1. The Hall–Kier alpha value is -2.31. The van der Waals surface area contributed by atoms with Gasteiger partial charge in [-0.2, -0.15) is 0 Å². The monoisotopic (exact) mass is 300 g/mol. The van der Waals surface area contributed by atoms with Crippen LogP contribution >= 0.6 is 0 Å². The molecule has 7 heteroatoms. The maximum absolute atomic E-state index is 12.2. The number of amides is 1. The van der Waals surface area contributed by atoms with Gasteiger partial charge in [0.1, 0.15) is 6.33 Å². The number of carbonyl (C=O) groups excluding carboxylic acids is 1. The fourth-order valence-electron chi connectivity index (χ4n) is 2.53. The van der Waals surface area contributed by atoms with E-state index in [1.54, 1.807) is 11.0 Å². The predicted molar refractivity (Wildman–Crippen MR) is 79.6 cm³/mol. The molecule has 22 heavy (non-hydrogen) atoms. The van der Waals surface area contributed by atoms with Crippen molar-refractivity contribution in [3.05, 3.63) is 35.9 Å². The summed E-state index contributed by atoms with van der Waals surface area (Å²) in [5, 5.41) is 14.1. The van der Waals surface area contributed by atoms with Gasteiger partial charge in [0.15, 0.2) is 0 Å². The summed E-state index contributed by atoms with van der Waals surface area (Å²) in [5.74, 6) is 0.589. The largest absolute Gasteiger partial charge is 0.347 e. The van der Waals surface area contributed by atoms with Crippen molar-refractivity contribution in [3.63, 3.8) is 0 Å². The van der Waals surface area contributed by atoms with Crippen LogP contribution in [0, 0.1) is 12.8 Å². The quantitative estimate of drug-likeness (QED) is 0.836. The molecule has 1 atom stereocenters. The Kier molecular flexibility index (Phi) is 4.41. The normalized spacial score (nSPS) is 15.5. The number of nitrogens with zero attached hydrogens (tertiary/aromatic N) is 5. The lowest BCUT2D eigenvalue weighted by atomic mass is 10.1. The Morgan fingerprint density at radius 3 is 3.00 bits per heavy atom. The number of aromatic nitrogens is 5. The van der Waals surface area contributed by atoms with Gasteiger partial charge in [-0.1, -0.05) is 6.07 Å². The van der Waals surface area contributed by atoms with E-state index in [4.69, 9.17) is 0 Å². The van der Waals surface area contributed by atoms with Crippen molar-refractivity contribution < 1.29 is 4.79 Å².